The highest BCUT2D eigenvalue weighted by Crippen LogP contribution is 2.22. The minimum absolute atomic E-state index is 0.308. The van der Waals surface area contributed by atoms with Crippen LogP contribution in [-0.4, -0.2) is 31.5 Å². The number of nitrogens with one attached hydrogen (secondary N) is 1. The number of phenols is 1. The Morgan fingerprint density at radius 3 is 3.06 bits per heavy atom. The average molecular weight is 236 g/mol. The third-order valence-electron chi connectivity index (χ3n) is 2.02. The lowest BCUT2D eigenvalue weighted by molar-refractivity contribution is 0.474. The van der Waals surface area contributed by atoms with Crippen LogP contribution in [0.5, 0.6) is 5.75 Å². The van der Waals surface area contributed by atoms with Gasteiger partial charge < -0.3 is 5.11 Å². The molecule has 1 aromatic heterocycles. The van der Waals surface area contributed by atoms with Crippen molar-refractivity contribution < 1.29 is 5.11 Å². The molecule has 2 rings (SSSR count). The zero-order valence-electron chi connectivity index (χ0n) is 8.63. The summed E-state index contributed by atoms with van der Waals surface area (Å²) in [5, 5.41) is 23.0. The van der Waals surface area contributed by atoms with E-state index >= 15 is 0 Å². The van der Waals surface area contributed by atoms with Crippen molar-refractivity contribution >= 4 is 11.8 Å². The zero-order valence-corrected chi connectivity index (χ0v) is 9.44. The lowest BCUT2D eigenvalue weighted by Crippen LogP contribution is -1.90. The molecule has 6 heteroatoms. The van der Waals surface area contributed by atoms with E-state index < -0.39 is 0 Å². The number of nitrogens with zero attached hydrogens (tertiary/aromatic N) is 3. The molecular weight excluding hydrogens is 224 g/mol. The summed E-state index contributed by atoms with van der Waals surface area (Å²) in [5.41, 5.74) is 0. The monoisotopic (exact) mass is 236 g/mol. The molecule has 84 valence electrons. The van der Waals surface area contributed by atoms with E-state index in [1.807, 2.05) is 12.1 Å². The first-order valence-corrected chi connectivity index (χ1v) is 5.97. The minimum atomic E-state index is 0.308. The van der Waals surface area contributed by atoms with Gasteiger partial charge in [0.05, 0.1) is 0 Å². The molecule has 0 aliphatic rings. The van der Waals surface area contributed by atoms with E-state index in [0.29, 0.717) is 5.75 Å². The number of tetrazole rings is 1. The fraction of sp³-hybridized carbons (Fsp3) is 0.300. The van der Waals surface area contributed by atoms with Crippen LogP contribution in [0.1, 0.15) is 12.2 Å². The predicted octanol–water partition coefficient (Wildman–Crippen LogP) is 1.63. The normalized spacial score (nSPS) is 10.5. The van der Waals surface area contributed by atoms with Gasteiger partial charge in [-0.3, -0.25) is 0 Å². The highest BCUT2D eigenvalue weighted by atomic mass is 32.2. The Hall–Kier alpha value is -1.56. The minimum Gasteiger partial charge on any atom is -0.508 e. The fourth-order valence-electron chi connectivity index (χ4n) is 1.28. The van der Waals surface area contributed by atoms with Crippen molar-refractivity contribution in [3.63, 3.8) is 0 Å². The highest BCUT2D eigenvalue weighted by molar-refractivity contribution is 7.99. The largest absolute Gasteiger partial charge is 0.508 e. The van der Waals surface area contributed by atoms with E-state index in [1.165, 1.54) is 0 Å². The van der Waals surface area contributed by atoms with Crippen LogP contribution >= 0.6 is 11.8 Å². The zero-order chi connectivity index (χ0) is 11.2. The molecule has 0 unspecified atom stereocenters. The SMILES string of the molecule is Oc1cccc(SCCCc2nn[nH]n2)c1. The molecule has 0 bridgehead atoms. The van der Waals surface area contributed by atoms with Gasteiger partial charge in [0.15, 0.2) is 5.82 Å². The molecule has 1 aromatic carbocycles. The van der Waals surface area contributed by atoms with Crippen LogP contribution in [0.15, 0.2) is 29.2 Å². The van der Waals surface area contributed by atoms with Crippen molar-refractivity contribution in [1.29, 1.82) is 0 Å². The van der Waals surface area contributed by atoms with Crippen molar-refractivity contribution in [3.05, 3.63) is 30.1 Å². The van der Waals surface area contributed by atoms with E-state index in [-0.39, 0.29) is 0 Å². The third-order valence-corrected chi connectivity index (χ3v) is 3.10. The van der Waals surface area contributed by atoms with Crippen molar-refractivity contribution in [3.8, 4) is 5.75 Å². The van der Waals surface area contributed by atoms with Crippen LogP contribution in [0, 0.1) is 0 Å². The number of aromatic hydroxyl groups is 1. The summed E-state index contributed by atoms with van der Waals surface area (Å²) in [6.45, 7) is 0. The molecule has 0 aliphatic carbocycles. The summed E-state index contributed by atoms with van der Waals surface area (Å²) in [4.78, 5) is 1.08. The van der Waals surface area contributed by atoms with E-state index in [4.69, 9.17) is 0 Å². The second kappa shape index (κ2) is 5.50. The second-order valence-electron chi connectivity index (χ2n) is 3.28. The number of thioether (sulfide) groups is 1. The van der Waals surface area contributed by atoms with Crippen molar-refractivity contribution in [2.24, 2.45) is 0 Å². The van der Waals surface area contributed by atoms with Gasteiger partial charge in [0.1, 0.15) is 5.75 Å². The van der Waals surface area contributed by atoms with E-state index in [2.05, 4.69) is 20.6 Å². The van der Waals surface area contributed by atoms with Gasteiger partial charge in [0.25, 0.3) is 0 Å². The van der Waals surface area contributed by atoms with Crippen LogP contribution in [0.3, 0.4) is 0 Å². The summed E-state index contributed by atoms with van der Waals surface area (Å²) in [7, 11) is 0. The molecule has 0 fully saturated rings. The first-order valence-electron chi connectivity index (χ1n) is 4.99. The lowest BCUT2D eigenvalue weighted by Gasteiger charge is -2.00. The van der Waals surface area contributed by atoms with Crippen LogP contribution < -0.4 is 0 Å². The van der Waals surface area contributed by atoms with Crippen molar-refractivity contribution in [1.82, 2.24) is 20.6 Å². The molecule has 2 N–H and O–H groups in total. The fourth-order valence-corrected chi connectivity index (χ4v) is 2.19. The standard InChI is InChI=1S/C10H12N4OS/c15-8-3-1-4-9(7-8)16-6-2-5-10-11-13-14-12-10/h1,3-4,7,15H,2,5-6H2,(H,11,12,13,14). The summed E-state index contributed by atoms with van der Waals surface area (Å²) in [6.07, 6.45) is 1.81. The second-order valence-corrected chi connectivity index (χ2v) is 4.45. The van der Waals surface area contributed by atoms with Gasteiger partial charge in [-0.15, -0.1) is 22.0 Å². The number of hydrogen-bond acceptors (Lipinski definition) is 5. The average Bonchev–Trinajstić information content (AvgIpc) is 2.77. The number of phenolic OH excluding ortho intramolecular Hbond substituents is 1. The van der Waals surface area contributed by atoms with Crippen LogP contribution in [0.2, 0.25) is 0 Å². The molecule has 0 aliphatic heterocycles. The topological polar surface area (TPSA) is 74.7 Å². The molecule has 0 spiro atoms. The molecule has 0 amide bonds. The molecule has 0 atom stereocenters. The molecule has 16 heavy (non-hydrogen) atoms. The molecule has 5 nitrogen and oxygen atoms in total. The Labute approximate surface area is 97.3 Å². The maximum Gasteiger partial charge on any atom is 0.174 e. The summed E-state index contributed by atoms with van der Waals surface area (Å²) < 4.78 is 0. The third kappa shape index (κ3) is 3.23. The number of aromatic nitrogens is 4. The van der Waals surface area contributed by atoms with E-state index in [0.717, 1.165) is 29.3 Å². The van der Waals surface area contributed by atoms with Crippen LogP contribution in [-0.2, 0) is 6.42 Å². The summed E-state index contributed by atoms with van der Waals surface area (Å²) in [5.74, 6) is 2.03. The van der Waals surface area contributed by atoms with Crippen LogP contribution in [0.4, 0.5) is 0 Å². The molecule has 2 aromatic rings. The Balaban J connectivity index is 1.72. The summed E-state index contributed by atoms with van der Waals surface area (Å²) >= 11 is 1.71. The van der Waals surface area contributed by atoms with Crippen molar-refractivity contribution in [2.75, 3.05) is 5.75 Å². The van der Waals surface area contributed by atoms with Gasteiger partial charge in [-0.25, -0.2) is 0 Å². The molecule has 0 saturated carbocycles. The first-order chi connectivity index (χ1) is 7.84. The molecule has 0 radical (unpaired) electrons. The number of hydrogen-bond donors (Lipinski definition) is 2. The Bertz CT molecular complexity index is 432. The van der Waals surface area contributed by atoms with Crippen molar-refractivity contribution in [2.45, 2.75) is 17.7 Å². The maximum absolute atomic E-state index is 9.27. The summed E-state index contributed by atoms with van der Waals surface area (Å²) in [6, 6.07) is 7.26. The number of benzene rings is 1. The Morgan fingerprint density at radius 1 is 1.38 bits per heavy atom. The molecular formula is C10H12N4OS. The number of aromatic amines is 1. The quantitative estimate of drug-likeness (QED) is 0.609. The van der Waals surface area contributed by atoms with Gasteiger partial charge in [0.2, 0.25) is 0 Å². The smallest absolute Gasteiger partial charge is 0.174 e. The van der Waals surface area contributed by atoms with Crippen LogP contribution in [0.25, 0.3) is 0 Å². The first kappa shape index (κ1) is 10.9. The van der Waals surface area contributed by atoms with Gasteiger partial charge in [-0.05, 0) is 30.4 Å². The van der Waals surface area contributed by atoms with E-state index in [9.17, 15) is 5.11 Å². The Morgan fingerprint density at radius 2 is 2.31 bits per heavy atom. The van der Waals surface area contributed by atoms with E-state index in [1.54, 1.807) is 23.9 Å². The number of aryl methyl sites for hydroxylation is 1. The maximum atomic E-state index is 9.27. The van der Waals surface area contributed by atoms with Gasteiger partial charge in [-0.2, -0.15) is 5.21 Å². The molecule has 1 heterocycles. The predicted molar refractivity (Wildman–Crippen MR) is 61.3 cm³/mol. The number of rotatable bonds is 5. The highest BCUT2D eigenvalue weighted by Gasteiger charge is 1.99. The van der Waals surface area contributed by atoms with Gasteiger partial charge in [0, 0.05) is 11.3 Å². The Kier molecular flexibility index (Phi) is 3.76. The molecule has 0 saturated heterocycles. The van der Waals surface area contributed by atoms with Gasteiger partial charge in [-0.1, -0.05) is 11.3 Å². The lowest BCUT2D eigenvalue weighted by atomic mass is 10.3. The number of H-pyrrole nitrogens is 1. The van der Waals surface area contributed by atoms with Gasteiger partial charge >= 0.3 is 0 Å².